The number of hydrogen-bond donors (Lipinski definition) is 0. The van der Waals surface area contributed by atoms with Crippen LogP contribution in [-0.4, -0.2) is 80.0 Å². The van der Waals surface area contributed by atoms with Gasteiger partial charge in [0.05, 0.1) is 72.7 Å². The van der Waals surface area contributed by atoms with Crippen LogP contribution in [0.5, 0.6) is 0 Å². The first-order chi connectivity index (χ1) is 26.9. The first kappa shape index (κ1) is 56.4. The van der Waals surface area contributed by atoms with Gasteiger partial charge in [-0.1, -0.05) is 257 Å². The van der Waals surface area contributed by atoms with Gasteiger partial charge in [-0.05, 0) is 57.1 Å². The predicted molar refractivity (Wildman–Crippen MR) is 325 cm³/mol. The standard InChI is InChI=1S/C51H99ClSi10/c1-34-40(53(7,8)9)35(2)44(57(19,20)21)49(43(34)56(16,17)18)62(52,50-45(58(22,23)24)36(3)41(54(10,11)12)37(4)46(50)59(25,26)27)51-47(60(28,29)30)38(5)42(55(13,14)15)39(6)48(51)61(31,32)33/h1-33H3. The van der Waals surface area contributed by atoms with E-state index in [0.717, 1.165) is 0 Å². The third-order valence-corrected chi connectivity index (χ3v) is 40.1. The van der Waals surface area contributed by atoms with Crippen LogP contribution in [-0.2, 0) is 0 Å². The van der Waals surface area contributed by atoms with Gasteiger partial charge in [0, 0.05) is 0 Å². The van der Waals surface area contributed by atoms with Gasteiger partial charge in [0.15, 0.2) is 0 Å². The third-order valence-electron chi connectivity index (χ3n) is 13.8. The topological polar surface area (TPSA) is 0 Å². The van der Waals surface area contributed by atoms with Gasteiger partial charge in [-0.2, -0.15) is 0 Å². The molecule has 0 aromatic heterocycles. The highest BCUT2D eigenvalue weighted by Crippen LogP contribution is 2.26. The van der Waals surface area contributed by atoms with Crippen molar-refractivity contribution in [2.75, 3.05) is 0 Å². The molecule has 0 spiro atoms. The molecule has 0 aliphatic carbocycles. The first-order valence-corrected chi connectivity index (χ1v) is 58.7. The number of halogens is 1. The molecular formula is C51H99ClSi10. The molecule has 3 aromatic rings. The molecule has 0 heterocycles. The number of rotatable bonds is 12. The smallest absolute Gasteiger partial charge is 0.149 e. The summed E-state index contributed by atoms with van der Waals surface area (Å²) in [6, 6.07) is 0. The van der Waals surface area contributed by atoms with E-state index in [4.69, 9.17) is 0 Å². The summed E-state index contributed by atoms with van der Waals surface area (Å²) in [6.45, 7) is 87.6. The van der Waals surface area contributed by atoms with Gasteiger partial charge in [0.25, 0.3) is 0 Å². The maximum Gasteiger partial charge on any atom is 0.247 e. The van der Waals surface area contributed by atoms with Crippen LogP contribution in [0.25, 0.3) is 0 Å². The zero-order valence-corrected chi connectivity index (χ0v) is 58.1. The van der Waals surface area contributed by atoms with Crippen molar-refractivity contribution in [2.45, 2.75) is 218 Å². The summed E-state index contributed by atoms with van der Waals surface area (Å²) in [5.41, 5.74) is 9.77. The Morgan fingerprint density at radius 1 is 0.177 bits per heavy atom. The van der Waals surface area contributed by atoms with E-state index < -0.39 is 80.0 Å². The molecule has 0 saturated heterocycles. The zero-order valence-electron chi connectivity index (χ0n) is 47.4. The first-order valence-electron chi connectivity index (χ1n) is 24.2. The molecule has 3 rings (SSSR count). The van der Waals surface area contributed by atoms with Crippen molar-refractivity contribution >= 4 is 153 Å². The molecule has 0 amide bonds. The minimum absolute atomic E-state index is 1.63. The van der Waals surface area contributed by atoms with Crippen LogP contribution in [0.15, 0.2) is 0 Å². The van der Waals surface area contributed by atoms with Gasteiger partial charge in [-0.3, -0.25) is 0 Å². The van der Waals surface area contributed by atoms with Crippen molar-refractivity contribution in [3.8, 4) is 0 Å². The molecule has 0 bridgehead atoms. The maximum absolute atomic E-state index is 10.2. The molecule has 0 fully saturated rings. The van der Waals surface area contributed by atoms with E-state index in [2.05, 4.69) is 218 Å². The second-order valence-electron chi connectivity index (χ2n) is 29.2. The van der Waals surface area contributed by atoms with Crippen LogP contribution >= 0.6 is 11.1 Å². The highest BCUT2D eigenvalue weighted by molar-refractivity contribution is 7.46. The molecular weight excluding hydrogens is 929 g/mol. The molecule has 0 aliphatic rings. The van der Waals surface area contributed by atoms with Gasteiger partial charge in [-0.25, -0.2) is 0 Å². The Balaban J connectivity index is 3.52. The fraction of sp³-hybridized carbons (Fsp3) is 0.647. The van der Waals surface area contributed by atoms with E-state index in [9.17, 15) is 11.1 Å². The van der Waals surface area contributed by atoms with E-state index in [-0.39, 0.29) is 0 Å². The molecule has 11 heteroatoms. The van der Waals surface area contributed by atoms with Crippen LogP contribution in [0.1, 0.15) is 33.4 Å². The van der Waals surface area contributed by atoms with Crippen LogP contribution < -0.4 is 62.2 Å². The Morgan fingerprint density at radius 2 is 0.274 bits per heavy atom. The van der Waals surface area contributed by atoms with Crippen LogP contribution in [0, 0.1) is 41.5 Å². The molecule has 350 valence electrons. The average molecular weight is 1030 g/mol. The van der Waals surface area contributed by atoms with Gasteiger partial charge < -0.3 is 0 Å². The summed E-state index contributed by atoms with van der Waals surface area (Å²) in [4.78, 5) is 0. The molecule has 0 N–H and O–H groups in total. The van der Waals surface area contributed by atoms with Gasteiger partial charge >= 0.3 is 0 Å². The Bertz CT molecular complexity index is 1880. The molecule has 0 saturated carbocycles. The molecule has 0 atom stereocenters. The van der Waals surface area contributed by atoms with Gasteiger partial charge in [0.1, 0.15) is 0 Å². The normalized spacial score (nSPS) is 14.6. The van der Waals surface area contributed by atoms with Crippen molar-refractivity contribution < 1.29 is 0 Å². The number of benzene rings is 3. The monoisotopic (exact) mass is 1030 g/mol. The average Bonchev–Trinajstić information content (AvgIpc) is 2.93. The minimum Gasteiger partial charge on any atom is -0.149 e. The Morgan fingerprint density at radius 3 is 0.355 bits per heavy atom. The lowest BCUT2D eigenvalue weighted by molar-refractivity contribution is 1.43. The van der Waals surface area contributed by atoms with E-state index in [1.165, 1.54) is 0 Å². The van der Waals surface area contributed by atoms with Crippen molar-refractivity contribution in [1.29, 1.82) is 0 Å². The van der Waals surface area contributed by atoms with E-state index in [1.807, 2.05) is 0 Å². The summed E-state index contributed by atoms with van der Waals surface area (Å²) in [6.07, 6.45) is 0. The molecule has 0 aliphatic heterocycles. The fourth-order valence-corrected chi connectivity index (χ4v) is 52.1. The molecule has 62 heavy (non-hydrogen) atoms. The van der Waals surface area contributed by atoms with Crippen molar-refractivity contribution in [3.05, 3.63) is 33.4 Å². The summed E-state index contributed by atoms with van der Waals surface area (Å²) in [5, 5.41) is 20.8. The van der Waals surface area contributed by atoms with E-state index in [0.29, 0.717) is 0 Å². The van der Waals surface area contributed by atoms with Crippen LogP contribution in [0.2, 0.25) is 177 Å². The highest BCUT2D eigenvalue weighted by Gasteiger charge is 2.56. The van der Waals surface area contributed by atoms with Crippen LogP contribution in [0.4, 0.5) is 0 Å². The van der Waals surface area contributed by atoms with Crippen molar-refractivity contribution in [2.24, 2.45) is 0 Å². The van der Waals surface area contributed by atoms with Crippen LogP contribution in [0.3, 0.4) is 0 Å². The highest BCUT2D eigenvalue weighted by atomic mass is 35.6. The van der Waals surface area contributed by atoms with E-state index in [1.54, 1.807) is 95.6 Å². The maximum atomic E-state index is 10.2. The molecule has 0 radical (unpaired) electrons. The lowest BCUT2D eigenvalue weighted by Crippen LogP contribution is -2.88. The van der Waals surface area contributed by atoms with E-state index >= 15 is 0 Å². The number of hydrogen-bond acceptors (Lipinski definition) is 0. The fourth-order valence-electron chi connectivity index (χ4n) is 13.5. The lowest BCUT2D eigenvalue weighted by Gasteiger charge is -2.49. The summed E-state index contributed by atoms with van der Waals surface area (Å²) in [7, 11) is -21.3. The second kappa shape index (κ2) is 17.0. The van der Waals surface area contributed by atoms with Gasteiger partial charge in [0.2, 0.25) is 7.38 Å². The molecule has 3 aromatic carbocycles. The summed E-state index contributed by atoms with van der Waals surface area (Å²) in [5.74, 6) is 0. The summed E-state index contributed by atoms with van der Waals surface area (Å²) >= 11 is 10.2. The van der Waals surface area contributed by atoms with Crippen molar-refractivity contribution in [3.63, 3.8) is 0 Å². The predicted octanol–water partition coefficient (Wildman–Crippen LogP) is 9.65. The Kier molecular flexibility index (Phi) is 15.4. The second-order valence-corrected chi connectivity index (χ2v) is 78.7. The molecule has 0 unspecified atom stereocenters. The SMILES string of the molecule is Cc1c([Si](C)(C)C)c(C)c([Si](C)(C)C)c([Si](Cl)(c2c([Si](C)(C)C)c(C)c([Si](C)(C)C)c(C)c2[Si](C)(C)C)c2c([Si](C)(C)C)c(C)c([Si](C)(C)C)c(C)c2[Si](C)(C)C)c1[Si](C)(C)C. The lowest BCUT2D eigenvalue weighted by atomic mass is 10.1. The quantitative estimate of drug-likeness (QED) is 0.0965. The zero-order chi connectivity index (χ0) is 49.4. The van der Waals surface area contributed by atoms with Gasteiger partial charge in [-0.15, -0.1) is 11.1 Å². The summed E-state index contributed by atoms with van der Waals surface area (Å²) < 4.78 is 0. The Labute approximate surface area is 401 Å². The minimum atomic E-state index is -3.51. The largest absolute Gasteiger partial charge is 0.247 e. The third kappa shape index (κ3) is 10.1. The van der Waals surface area contributed by atoms with Crippen molar-refractivity contribution in [1.82, 2.24) is 0 Å². The molecule has 0 nitrogen and oxygen atoms in total. The Hall–Kier alpha value is 0.119.